The van der Waals surface area contributed by atoms with Crippen molar-refractivity contribution in [1.29, 1.82) is 0 Å². The number of amides is 2. The zero-order valence-electron chi connectivity index (χ0n) is 19.6. The molecule has 0 atom stereocenters. The molecule has 2 amide bonds. The number of hydrogen-bond donors (Lipinski definition) is 2. The van der Waals surface area contributed by atoms with Gasteiger partial charge in [-0.3, -0.25) is 9.69 Å². The van der Waals surface area contributed by atoms with Gasteiger partial charge >= 0.3 is 12.2 Å². The van der Waals surface area contributed by atoms with Gasteiger partial charge in [0.15, 0.2) is 5.82 Å². The van der Waals surface area contributed by atoms with Gasteiger partial charge in [0, 0.05) is 44.1 Å². The number of primary amides is 1. The summed E-state index contributed by atoms with van der Waals surface area (Å²) >= 11 is 0. The van der Waals surface area contributed by atoms with Crippen LogP contribution in [0.5, 0.6) is 0 Å². The largest absolute Gasteiger partial charge is 0.417 e. The molecular formula is C24H29F3N6O2. The van der Waals surface area contributed by atoms with E-state index < -0.39 is 23.2 Å². The number of likely N-dealkylation sites (tertiary alicyclic amines) is 2. The smallest absolute Gasteiger partial charge is 0.366 e. The number of halogens is 3. The molecule has 1 aromatic heterocycles. The van der Waals surface area contributed by atoms with Crippen molar-refractivity contribution in [2.24, 2.45) is 11.1 Å². The Morgan fingerprint density at radius 3 is 2.49 bits per heavy atom. The van der Waals surface area contributed by atoms with Crippen molar-refractivity contribution in [1.82, 2.24) is 19.6 Å². The Balaban J connectivity index is 1.35. The second kappa shape index (κ2) is 9.37. The quantitative estimate of drug-likeness (QED) is 0.663. The van der Waals surface area contributed by atoms with Crippen molar-refractivity contribution in [3.05, 3.63) is 59.4 Å². The Labute approximate surface area is 201 Å². The fraction of sp³-hybridized carbons (Fsp3) is 0.458. The lowest BCUT2D eigenvalue weighted by Gasteiger charge is -2.39. The van der Waals surface area contributed by atoms with Gasteiger partial charge in [0.1, 0.15) is 0 Å². The third-order valence-corrected chi connectivity index (χ3v) is 6.80. The number of anilines is 1. The number of benzene rings is 1. The normalized spacial score (nSPS) is 18.1. The number of nitrogens with one attached hydrogen (secondary N) is 1. The maximum Gasteiger partial charge on any atom is 0.417 e. The molecule has 0 aliphatic carbocycles. The number of nitrogens with two attached hydrogens (primary N) is 1. The van der Waals surface area contributed by atoms with Gasteiger partial charge in [-0.05, 0) is 55.8 Å². The Kier molecular flexibility index (Phi) is 6.63. The van der Waals surface area contributed by atoms with Crippen LogP contribution >= 0.6 is 0 Å². The maximum absolute atomic E-state index is 13.4. The average molecular weight is 491 g/mol. The molecule has 0 bridgehead atoms. The SMILES string of the molecule is C=C(C)Nc1ccn(C(=O)N2CCC3(CCN(Cc4ccc(C(N)=O)c(C(F)(F)F)c4)C3)CC2)n1. The lowest BCUT2D eigenvalue weighted by molar-refractivity contribution is -0.138. The average Bonchev–Trinajstić information content (AvgIpc) is 3.40. The van der Waals surface area contributed by atoms with E-state index in [4.69, 9.17) is 5.73 Å². The van der Waals surface area contributed by atoms with E-state index in [-0.39, 0.29) is 11.4 Å². The Morgan fingerprint density at radius 1 is 1.17 bits per heavy atom. The molecular weight excluding hydrogens is 461 g/mol. The first-order valence-corrected chi connectivity index (χ1v) is 11.5. The third-order valence-electron chi connectivity index (χ3n) is 6.80. The Hall–Kier alpha value is -3.34. The summed E-state index contributed by atoms with van der Waals surface area (Å²) in [5.74, 6) is -0.535. The van der Waals surface area contributed by atoms with Crippen LogP contribution in [0.4, 0.5) is 23.8 Å². The van der Waals surface area contributed by atoms with Crippen LogP contribution in [0.25, 0.3) is 0 Å². The third kappa shape index (κ3) is 5.50. The van der Waals surface area contributed by atoms with Gasteiger partial charge in [-0.25, -0.2) is 4.79 Å². The molecule has 0 radical (unpaired) electrons. The molecule has 2 aliphatic rings. The van der Waals surface area contributed by atoms with Crippen LogP contribution in [0.1, 0.15) is 47.7 Å². The highest BCUT2D eigenvalue weighted by Crippen LogP contribution is 2.41. The van der Waals surface area contributed by atoms with Crippen LogP contribution < -0.4 is 11.1 Å². The number of alkyl halides is 3. The minimum absolute atomic E-state index is 0.0353. The lowest BCUT2D eigenvalue weighted by atomic mass is 9.78. The molecule has 8 nitrogen and oxygen atoms in total. The van der Waals surface area contributed by atoms with Crippen molar-refractivity contribution < 1.29 is 22.8 Å². The van der Waals surface area contributed by atoms with Crippen LogP contribution in [0, 0.1) is 5.41 Å². The second-order valence-electron chi connectivity index (χ2n) is 9.52. The molecule has 0 saturated carbocycles. The molecule has 1 aromatic carbocycles. The zero-order chi connectivity index (χ0) is 25.4. The maximum atomic E-state index is 13.4. The molecule has 4 rings (SSSR count). The first-order chi connectivity index (χ1) is 16.5. The standard InChI is InChI=1S/C24H29F3N6O2/c1-16(2)29-20-5-9-33(30-20)22(35)32-11-7-23(8-12-32)6-10-31(15-23)14-17-3-4-18(21(28)34)19(13-17)24(25,26)27/h3-5,9,13H,1,6-8,10-12,14-15H2,2H3,(H2,28,34)(H,29,30). The fourth-order valence-corrected chi connectivity index (χ4v) is 5.00. The van der Waals surface area contributed by atoms with Crippen LogP contribution in [-0.4, -0.2) is 57.7 Å². The van der Waals surface area contributed by atoms with Crippen molar-refractivity contribution in [2.45, 2.75) is 38.9 Å². The van der Waals surface area contributed by atoms with Crippen molar-refractivity contribution in [3.8, 4) is 0 Å². The van der Waals surface area contributed by atoms with Crippen LogP contribution in [0.15, 0.2) is 42.7 Å². The summed E-state index contributed by atoms with van der Waals surface area (Å²) < 4.78 is 41.5. The monoisotopic (exact) mass is 490 g/mol. The van der Waals surface area contributed by atoms with Gasteiger partial charge in [0.2, 0.25) is 5.91 Å². The summed E-state index contributed by atoms with van der Waals surface area (Å²) in [5.41, 5.74) is 4.86. The number of rotatable bonds is 5. The predicted molar refractivity (Wildman–Crippen MR) is 125 cm³/mol. The Morgan fingerprint density at radius 2 is 1.86 bits per heavy atom. The van der Waals surface area contributed by atoms with Crippen LogP contribution in [0.3, 0.4) is 0 Å². The van der Waals surface area contributed by atoms with Crippen LogP contribution in [0.2, 0.25) is 0 Å². The van der Waals surface area contributed by atoms with E-state index in [1.54, 1.807) is 24.1 Å². The first kappa shape index (κ1) is 24.8. The van der Waals surface area contributed by atoms with Gasteiger partial charge in [0.25, 0.3) is 0 Å². The van der Waals surface area contributed by atoms with E-state index in [9.17, 15) is 22.8 Å². The molecule has 3 heterocycles. The number of carbonyl (C=O) groups is 2. The second-order valence-corrected chi connectivity index (χ2v) is 9.52. The fourth-order valence-electron chi connectivity index (χ4n) is 5.00. The molecule has 188 valence electrons. The molecule has 1 spiro atoms. The van der Waals surface area contributed by atoms with Crippen molar-refractivity contribution in [3.63, 3.8) is 0 Å². The summed E-state index contributed by atoms with van der Waals surface area (Å²) in [4.78, 5) is 28.2. The van der Waals surface area contributed by atoms with E-state index in [0.29, 0.717) is 31.0 Å². The summed E-state index contributed by atoms with van der Waals surface area (Å²) in [7, 11) is 0. The van der Waals surface area contributed by atoms with Crippen molar-refractivity contribution in [2.75, 3.05) is 31.5 Å². The number of nitrogens with zero attached hydrogens (tertiary/aromatic N) is 4. The minimum Gasteiger partial charge on any atom is -0.366 e. The van der Waals surface area contributed by atoms with E-state index >= 15 is 0 Å². The molecule has 3 N–H and O–H groups in total. The summed E-state index contributed by atoms with van der Waals surface area (Å²) in [5, 5.41) is 7.23. The number of hydrogen-bond acceptors (Lipinski definition) is 5. The summed E-state index contributed by atoms with van der Waals surface area (Å²) in [6.45, 7) is 8.65. The molecule has 2 fully saturated rings. The summed E-state index contributed by atoms with van der Waals surface area (Å²) in [6, 6.07) is 5.24. The minimum atomic E-state index is -4.65. The van der Waals surface area contributed by atoms with Crippen molar-refractivity contribution >= 4 is 17.8 Å². The highest BCUT2D eigenvalue weighted by Gasteiger charge is 2.42. The zero-order valence-corrected chi connectivity index (χ0v) is 19.6. The van der Waals surface area contributed by atoms with E-state index in [0.717, 1.165) is 50.2 Å². The molecule has 2 aliphatic heterocycles. The molecule has 0 unspecified atom stereocenters. The molecule has 11 heteroatoms. The number of allylic oxidation sites excluding steroid dienone is 1. The lowest BCUT2D eigenvalue weighted by Crippen LogP contribution is -2.45. The number of aromatic nitrogens is 2. The van der Waals surface area contributed by atoms with E-state index in [1.807, 2.05) is 0 Å². The van der Waals surface area contributed by atoms with Crippen LogP contribution in [-0.2, 0) is 12.7 Å². The Bertz CT molecular complexity index is 1130. The highest BCUT2D eigenvalue weighted by atomic mass is 19.4. The number of carbonyl (C=O) groups excluding carboxylic acids is 2. The van der Waals surface area contributed by atoms with Gasteiger partial charge in [0.05, 0.1) is 11.1 Å². The summed E-state index contributed by atoms with van der Waals surface area (Å²) in [6.07, 6.45) is -0.464. The van der Waals surface area contributed by atoms with E-state index in [2.05, 4.69) is 21.9 Å². The number of piperidine rings is 1. The molecule has 2 saturated heterocycles. The van der Waals surface area contributed by atoms with E-state index in [1.165, 1.54) is 10.7 Å². The molecule has 35 heavy (non-hydrogen) atoms. The van der Waals surface area contributed by atoms with Gasteiger partial charge < -0.3 is 16.0 Å². The van der Waals surface area contributed by atoms with Gasteiger partial charge in [-0.15, -0.1) is 5.10 Å². The first-order valence-electron chi connectivity index (χ1n) is 11.5. The van der Waals surface area contributed by atoms with Gasteiger partial charge in [-0.1, -0.05) is 12.6 Å². The predicted octanol–water partition coefficient (Wildman–Crippen LogP) is 3.90. The van der Waals surface area contributed by atoms with Gasteiger partial charge in [-0.2, -0.15) is 17.9 Å². The highest BCUT2D eigenvalue weighted by molar-refractivity contribution is 5.94. The topological polar surface area (TPSA) is 96.5 Å². The molecule has 2 aromatic rings.